The Kier molecular flexibility index (Phi) is 4.39. The molecule has 0 atom stereocenters. The molecule has 1 N–H and O–H groups in total. The van der Waals surface area contributed by atoms with Crippen molar-refractivity contribution in [1.29, 1.82) is 0 Å². The lowest BCUT2D eigenvalue weighted by Gasteiger charge is -2.34. The number of carboxylic acid groups (broad SMARTS) is 1. The summed E-state index contributed by atoms with van der Waals surface area (Å²) in [7, 11) is 0. The van der Waals surface area contributed by atoms with Gasteiger partial charge in [0.2, 0.25) is 0 Å². The molecule has 5 heteroatoms. The molecule has 1 aromatic heterocycles. The number of carboxylic acids is 1. The number of hydrogen-bond acceptors (Lipinski definition) is 2. The monoisotopic (exact) mass is 266 g/mol. The fourth-order valence-electron chi connectivity index (χ4n) is 2.07. The molecule has 0 spiro atoms. The zero-order valence-electron chi connectivity index (χ0n) is 12.2. The Hall–Kier alpha value is -1.78. The Morgan fingerprint density at radius 3 is 2.42 bits per heavy atom. The van der Waals surface area contributed by atoms with Crippen LogP contribution in [0.2, 0.25) is 0 Å². The SMILES string of the molecule is CCN(C(=O)c1cccn1C(C)C)C(C)(C)C(=O)O. The van der Waals surface area contributed by atoms with Gasteiger partial charge in [0, 0.05) is 18.8 Å². The van der Waals surface area contributed by atoms with Gasteiger partial charge >= 0.3 is 5.97 Å². The van der Waals surface area contributed by atoms with Crippen molar-refractivity contribution in [3.05, 3.63) is 24.0 Å². The number of carbonyl (C=O) groups excluding carboxylic acids is 1. The summed E-state index contributed by atoms with van der Waals surface area (Å²) >= 11 is 0. The maximum atomic E-state index is 12.6. The summed E-state index contributed by atoms with van der Waals surface area (Å²) in [6.45, 7) is 9.18. The molecule has 0 fully saturated rings. The molecule has 106 valence electrons. The van der Waals surface area contributed by atoms with Crippen LogP contribution < -0.4 is 0 Å². The lowest BCUT2D eigenvalue weighted by Crippen LogP contribution is -2.53. The minimum atomic E-state index is -1.22. The van der Waals surface area contributed by atoms with E-state index < -0.39 is 11.5 Å². The van der Waals surface area contributed by atoms with E-state index in [0.29, 0.717) is 12.2 Å². The standard InChI is InChI=1S/C14H22N2O3/c1-6-16(14(4,5)13(18)19)12(17)11-8-7-9-15(11)10(2)3/h7-10H,6H2,1-5H3,(H,18,19). The van der Waals surface area contributed by atoms with Gasteiger partial charge in [0.15, 0.2) is 0 Å². The number of aliphatic carboxylic acids is 1. The summed E-state index contributed by atoms with van der Waals surface area (Å²) in [4.78, 5) is 25.2. The van der Waals surface area contributed by atoms with Crippen molar-refractivity contribution in [2.24, 2.45) is 0 Å². The Balaban J connectivity index is 3.16. The second-order valence-electron chi connectivity index (χ2n) is 5.31. The number of amides is 1. The molecule has 19 heavy (non-hydrogen) atoms. The molecule has 0 aliphatic heterocycles. The first-order valence-electron chi connectivity index (χ1n) is 6.45. The van der Waals surface area contributed by atoms with Gasteiger partial charge in [-0.05, 0) is 46.8 Å². The number of hydrogen-bond donors (Lipinski definition) is 1. The Bertz CT molecular complexity index is 475. The lowest BCUT2D eigenvalue weighted by molar-refractivity contribution is -0.147. The van der Waals surface area contributed by atoms with Crippen molar-refractivity contribution in [1.82, 2.24) is 9.47 Å². The Morgan fingerprint density at radius 1 is 1.42 bits per heavy atom. The molecular weight excluding hydrogens is 244 g/mol. The molecule has 1 aromatic rings. The quantitative estimate of drug-likeness (QED) is 0.890. The highest BCUT2D eigenvalue weighted by atomic mass is 16.4. The van der Waals surface area contributed by atoms with Gasteiger partial charge in [-0.1, -0.05) is 0 Å². The van der Waals surface area contributed by atoms with E-state index in [1.807, 2.05) is 24.6 Å². The van der Waals surface area contributed by atoms with Crippen LogP contribution in [0.1, 0.15) is 51.1 Å². The smallest absolute Gasteiger partial charge is 0.329 e. The molecule has 0 bridgehead atoms. The van der Waals surface area contributed by atoms with E-state index >= 15 is 0 Å². The Labute approximate surface area is 113 Å². The second-order valence-corrected chi connectivity index (χ2v) is 5.31. The summed E-state index contributed by atoms with van der Waals surface area (Å²) in [6.07, 6.45) is 1.83. The average molecular weight is 266 g/mol. The molecule has 0 radical (unpaired) electrons. The average Bonchev–Trinajstić information content (AvgIpc) is 2.77. The topological polar surface area (TPSA) is 62.5 Å². The molecule has 0 aromatic carbocycles. The minimum absolute atomic E-state index is 0.153. The predicted molar refractivity (Wildman–Crippen MR) is 73.2 cm³/mol. The van der Waals surface area contributed by atoms with E-state index in [0.717, 1.165) is 0 Å². The van der Waals surface area contributed by atoms with Gasteiger partial charge in [0.1, 0.15) is 11.2 Å². The first kappa shape index (κ1) is 15.3. The van der Waals surface area contributed by atoms with E-state index in [2.05, 4.69) is 0 Å². The van der Waals surface area contributed by atoms with Gasteiger partial charge in [-0.15, -0.1) is 0 Å². The van der Waals surface area contributed by atoms with Gasteiger partial charge in [0.05, 0.1) is 0 Å². The fraction of sp³-hybridized carbons (Fsp3) is 0.571. The van der Waals surface area contributed by atoms with Gasteiger partial charge in [-0.2, -0.15) is 0 Å². The van der Waals surface area contributed by atoms with Crippen LogP contribution in [0.5, 0.6) is 0 Å². The number of nitrogens with zero attached hydrogens (tertiary/aromatic N) is 2. The van der Waals surface area contributed by atoms with Gasteiger partial charge in [-0.3, -0.25) is 4.79 Å². The maximum Gasteiger partial charge on any atom is 0.329 e. The summed E-state index contributed by atoms with van der Waals surface area (Å²) < 4.78 is 1.85. The highest BCUT2D eigenvalue weighted by molar-refractivity contribution is 5.96. The molecule has 5 nitrogen and oxygen atoms in total. The van der Waals surface area contributed by atoms with E-state index in [4.69, 9.17) is 0 Å². The zero-order chi connectivity index (χ0) is 14.8. The number of aromatic nitrogens is 1. The van der Waals surface area contributed by atoms with Crippen LogP contribution in [0.25, 0.3) is 0 Å². The van der Waals surface area contributed by atoms with E-state index in [1.54, 1.807) is 32.9 Å². The van der Waals surface area contributed by atoms with Crippen molar-refractivity contribution < 1.29 is 14.7 Å². The summed E-state index contributed by atoms with van der Waals surface area (Å²) in [5.74, 6) is -1.26. The third-order valence-corrected chi connectivity index (χ3v) is 3.31. The van der Waals surface area contributed by atoms with Crippen LogP contribution >= 0.6 is 0 Å². The number of likely N-dealkylation sites (N-methyl/N-ethyl adjacent to an activating group) is 1. The van der Waals surface area contributed by atoms with Crippen LogP contribution in [0.15, 0.2) is 18.3 Å². The third kappa shape index (κ3) is 2.80. The maximum absolute atomic E-state index is 12.6. The fourth-order valence-corrected chi connectivity index (χ4v) is 2.07. The van der Waals surface area contributed by atoms with Gasteiger partial charge in [-0.25, -0.2) is 4.79 Å². The molecule has 0 saturated heterocycles. The lowest BCUT2D eigenvalue weighted by atomic mass is 10.0. The van der Waals surface area contributed by atoms with Crippen LogP contribution in [0.3, 0.4) is 0 Å². The van der Waals surface area contributed by atoms with Crippen LogP contribution in [0, 0.1) is 0 Å². The van der Waals surface area contributed by atoms with Gasteiger partial charge in [0.25, 0.3) is 5.91 Å². The van der Waals surface area contributed by atoms with Crippen molar-refractivity contribution in [3.8, 4) is 0 Å². The number of rotatable bonds is 5. The molecule has 0 aliphatic rings. The molecular formula is C14H22N2O3. The van der Waals surface area contributed by atoms with E-state index in [-0.39, 0.29) is 11.9 Å². The molecule has 1 rings (SSSR count). The first-order chi connectivity index (χ1) is 8.73. The van der Waals surface area contributed by atoms with Crippen molar-refractivity contribution in [3.63, 3.8) is 0 Å². The molecule has 1 heterocycles. The predicted octanol–water partition coefficient (Wildman–Crippen LogP) is 2.39. The third-order valence-electron chi connectivity index (χ3n) is 3.31. The van der Waals surface area contributed by atoms with Crippen LogP contribution in [-0.2, 0) is 4.79 Å². The molecule has 0 aliphatic carbocycles. The number of carbonyl (C=O) groups is 2. The van der Waals surface area contributed by atoms with Crippen LogP contribution in [-0.4, -0.2) is 38.5 Å². The largest absolute Gasteiger partial charge is 0.480 e. The highest BCUT2D eigenvalue weighted by Gasteiger charge is 2.38. The van der Waals surface area contributed by atoms with Gasteiger partial charge < -0.3 is 14.6 Å². The zero-order valence-corrected chi connectivity index (χ0v) is 12.2. The van der Waals surface area contributed by atoms with Crippen molar-refractivity contribution in [2.75, 3.05) is 6.54 Å². The van der Waals surface area contributed by atoms with Crippen LogP contribution in [0.4, 0.5) is 0 Å². The highest BCUT2D eigenvalue weighted by Crippen LogP contribution is 2.20. The second kappa shape index (κ2) is 5.47. The summed E-state index contributed by atoms with van der Waals surface area (Å²) in [6, 6.07) is 3.68. The molecule has 1 amide bonds. The normalized spacial score (nSPS) is 11.7. The summed E-state index contributed by atoms with van der Waals surface area (Å²) in [5.41, 5.74) is -0.705. The first-order valence-corrected chi connectivity index (χ1v) is 6.45. The Morgan fingerprint density at radius 2 is 2.00 bits per heavy atom. The molecule has 0 unspecified atom stereocenters. The van der Waals surface area contributed by atoms with E-state index in [1.165, 1.54) is 4.90 Å². The summed E-state index contributed by atoms with van der Waals surface area (Å²) in [5, 5.41) is 9.27. The molecule has 0 saturated carbocycles. The minimum Gasteiger partial charge on any atom is -0.480 e. The van der Waals surface area contributed by atoms with Crippen molar-refractivity contribution in [2.45, 2.75) is 46.2 Å². The van der Waals surface area contributed by atoms with E-state index in [9.17, 15) is 14.7 Å². The van der Waals surface area contributed by atoms with Crippen molar-refractivity contribution >= 4 is 11.9 Å².